The molecular formula is C17H31NO7Si. The fourth-order valence-corrected chi connectivity index (χ4v) is 4.11. The van der Waals surface area contributed by atoms with Crippen LogP contribution in [0.2, 0.25) is 19.6 Å². The third-order valence-electron chi connectivity index (χ3n) is 4.01. The van der Waals surface area contributed by atoms with Crippen LogP contribution in [-0.2, 0) is 18.8 Å². The van der Waals surface area contributed by atoms with E-state index in [1.54, 1.807) is 25.7 Å². The fourth-order valence-electron chi connectivity index (χ4n) is 2.97. The molecule has 1 amide bonds. The fraction of sp³-hybridized carbons (Fsp3) is 0.824. The number of aliphatic carboxylic acids is 2. The number of nitrogens with zero attached hydrogens (tertiary/aromatic N) is 1. The Morgan fingerprint density at radius 2 is 1.50 bits per heavy atom. The van der Waals surface area contributed by atoms with Crippen LogP contribution < -0.4 is 0 Å². The van der Waals surface area contributed by atoms with E-state index in [9.17, 15) is 24.6 Å². The van der Waals surface area contributed by atoms with Gasteiger partial charge in [0.05, 0.1) is 6.10 Å². The first-order valence-electron chi connectivity index (χ1n) is 8.82. The average molecular weight is 390 g/mol. The molecule has 1 fully saturated rings. The van der Waals surface area contributed by atoms with Gasteiger partial charge in [-0.3, -0.25) is 9.59 Å². The summed E-state index contributed by atoms with van der Waals surface area (Å²) in [5, 5.41) is 18.8. The van der Waals surface area contributed by atoms with Gasteiger partial charge in [-0.15, -0.1) is 0 Å². The summed E-state index contributed by atoms with van der Waals surface area (Å²) < 4.78 is 11.3. The van der Waals surface area contributed by atoms with Crippen LogP contribution in [0.25, 0.3) is 0 Å². The molecule has 1 saturated heterocycles. The number of carbonyl (C=O) groups excluding carboxylic acids is 1. The average Bonchev–Trinajstić information content (AvgIpc) is 2.42. The summed E-state index contributed by atoms with van der Waals surface area (Å²) in [7, 11) is -2.16. The molecule has 1 aliphatic rings. The number of likely N-dealkylation sites (tertiary alicyclic amines) is 1. The van der Waals surface area contributed by atoms with Gasteiger partial charge in [-0.05, 0) is 59.2 Å². The number of amides is 1. The predicted octanol–water partition coefficient (Wildman–Crippen LogP) is 2.64. The van der Waals surface area contributed by atoms with E-state index in [-0.39, 0.29) is 5.92 Å². The molecule has 26 heavy (non-hydrogen) atoms. The zero-order valence-corrected chi connectivity index (χ0v) is 17.4. The normalized spacial score (nSPS) is 17.9. The second-order valence-corrected chi connectivity index (χ2v) is 13.1. The van der Waals surface area contributed by atoms with Gasteiger partial charge in [-0.25, -0.2) is 4.79 Å². The molecule has 1 unspecified atom stereocenters. The molecule has 1 atom stereocenters. The number of hydrogen-bond donors (Lipinski definition) is 2. The van der Waals surface area contributed by atoms with E-state index in [4.69, 9.17) is 9.16 Å². The molecule has 0 aromatic heterocycles. The highest BCUT2D eigenvalue weighted by Crippen LogP contribution is 2.31. The van der Waals surface area contributed by atoms with E-state index >= 15 is 0 Å². The molecule has 1 aliphatic heterocycles. The van der Waals surface area contributed by atoms with Crippen molar-refractivity contribution in [3.63, 3.8) is 0 Å². The Morgan fingerprint density at radius 1 is 1.04 bits per heavy atom. The van der Waals surface area contributed by atoms with Crippen molar-refractivity contribution < 1.29 is 33.8 Å². The van der Waals surface area contributed by atoms with Crippen LogP contribution in [0.3, 0.4) is 0 Å². The maximum atomic E-state index is 12.2. The Bertz CT molecular complexity index is 516. The molecule has 8 nitrogen and oxygen atoms in total. The van der Waals surface area contributed by atoms with Gasteiger partial charge < -0.3 is 24.3 Å². The highest BCUT2D eigenvalue weighted by molar-refractivity contribution is 6.69. The Hall–Kier alpha value is -1.61. The molecular weight excluding hydrogens is 358 g/mol. The van der Waals surface area contributed by atoms with Gasteiger partial charge in [0.15, 0.2) is 14.2 Å². The van der Waals surface area contributed by atoms with Gasteiger partial charge in [-0.1, -0.05) is 0 Å². The summed E-state index contributed by atoms with van der Waals surface area (Å²) in [6.45, 7) is 11.8. The van der Waals surface area contributed by atoms with E-state index in [0.29, 0.717) is 25.9 Å². The van der Waals surface area contributed by atoms with Crippen LogP contribution in [-0.4, -0.2) is 66.3 Å². The van der Waals surface area contributed by atoms with Crippen LogP contribution >= 0.6 is 0 Å². The van der Waals surface area contributed by atoms with Gasteiger partial charge >= 0.3 is 18.0 Å². The Kier molecular flexibility index (Phi) is 7.23. The summed E-state index contributed by atoms with van der Waals surface area (Å²) in [5.74, 6) is -4.64. The summed E-state index contributed by atoms with van der Waals surface area (Å²) in [6, 6.07) is 0. The van der Waals surface area contributed by atoms with Gasteiger partial charge in [0.25, 0.3) is 0 Å². The van der Waals surface area contributed by atoms with E-state index in [2.05, 4.69) is 0 Å². The third kappa shape index (κ3) is 6.95. The number of carboxylic acid groups (broad SMARTS) is 2. The van der Waals surface area contributed by atoms with Crippen molar-refractivity contribution in [2.45, 2.75) is 65.0 Å². The molecule has 1 rings (SSSR count). The summed E-state index contributed by atoms with van der Waals surface area (Å²) >= 11 is 0. The molecule has 0 aromatic carbocycles. The minimum Gasteiger partial charge on any atom is -0.481 e. The van der Waals surface area contributed by atoms with E-state index < -0.39 is 44.0 Å². The minimum absolute atomic E-state index is 0.238. The monoisotopic (exact) mass is 389 g/mol. The quantitative estimate of drug-likeness (QED) is 0.530. The molecule has 9 heteroatoms. The first-order valence-corrected chi connectivity index (χ1v) is 12.2. The minimum atomic E-state index is -2.16. The van der Waals surface area contributed by atoms with Crippen molar-refractivity contribution >= 4 is 26.3 Å². The Morgan fingerprint density at radius 3 is 1.85 bits per heavy atom. The first kappa shape index (κ1) is 22.4. The molecule has 0 spiro atoms. The number of hydrogen-bond acceptors (Lipinski definition) is 5. The van der Waals surface area contributed by atoms with Crippen molar-refractivity contribution in [2.24, 2.45) is 11.8 Å². The summed E-state index contributed by atoms with van der Waals surface area (Å²) in [4.78, 5) is 36.8. The molecule has 0 saturated carbocycles. The molecule has 0 radical (unpaired) electrons. The van der Waals surface area contributed by atoms with Crippen LogP contribution in [0, 0.1) is 11.8 Å². The summed E-state index contributed by atoms with van der Waals surface area (Å²) in [5.41, 5.74) is -0.588. The van der Waals surface area contributed by atoms with Gasteiger partial charge in [0, 0.05) is 13.1 Å². The maximum Gasteiger partial charge on any atom is 0.410 e. The largest absolute Gasteiger partial charge is 0.481 e. The van der Waals surface area contributed by atoms with Crippen molar-refractivity contribution in [2.75, 3.05) is 13.1 Å². The molecule has 150 valence electrons. The number of carbonyl (C=O) groups is 3. The van der Waals surface area contributed by atoms with E-state index in [1.807, 2.05) is 19.6 Å². The van der Waals surface area contributed by atoms with Crippen LogP contribution in [0.1, 0.15) is 33.6 Å². The first-order chi connectivity index (χ1) is 11.7. The Balaban J connectivity index is 2.87. The van der Waals surface area contributed by atoms with Gasteiger partial charge in [0.2, 0.25) is 0 Å². The topological polar surface area (TPSA) is 113 Å². The van der Waals surface area contributed by atoms with Crippen molar-refractivity contribution in [1.82, 2.24) is 4.90 Å². The highest BCUT2D eigenvalue weighted by atomic mass is 28.4. The van der Waals surface area contributed by atoms with E-state index in [1.165, 1.54) is 0 Å². The molecule has 0 aliphatic carbocycles. The third-order valence-corrected chi connectivity index (χ3v) is 4.99. The van der Waals surface area contributed by atoms with Gasteiger partial charge in [-0.2, -0.15) is 0 Å². The lowest BCUT2D eigenvalue weighted by Gasteiger charge is -2.39. The smallest absolute Gasteiger partial charge is 0.410 e. The number of ether oxygens (including phenoxy) is 1. The van der Waals surface area contributed by atoms with Crippen molar-refractivity contribution in [3.05, 3.63) is 0 Å². The summed E-state index contributed by atoms with van der Waals surface area (Å²) in [6.07, 6.45) is -0.360. The SMILES string of the molecule is CC(C)(C)OC(=O)N1CCC(C(O[Si](C)(C)C)C(C(=O)O)C(=O)O)CC1. The van der Waals surface area contributed by atoms with E-state index in [0.717, 1.165) is 0 Å². The van der Waals surface area contributed by atoms with Crippen LogP contribution in [0.15, 0.2) is 0 Å². The van der Waals surface area contributed by atoms with Gasteiger partial charge in [0.1, 0.15) is 5.60 Å². The number of piperidine rings is 1. The number of rotatable bonds is 6. The van der Waals surface area contributed by atoms with Crippen LogP contribution in [0.5, 0.6) is 0 Å². The lowest BCUT2D eigenvalue weighted by molar-refractivity contribution is -0.161. The molecule has 0 aromatic rings. The second-order valence-electron chi connectivity index (χ2n) is 8.65. The molecule has 0 bridgehead atoms. The Labute approximate surface area is 155 Å². The van der Waals surface area contributed by atoms with Crippen molar-refractivity contribution in [1.29, 1.82) is 0 Å². The zero-order chi connectivity index (χ0) is 20.3. The standard InChI is InChI=1S/C17H31NO7Si/c1-17(2,3)24-16(23)18-9-7-11(8-10-18)13(25-26(4,5)6)12(14(19)20)15(21)22/h11-13H,7-10H2,1-6H3,(H,19,20)(H,21,22). The zero-order valence-electron chi connectivity index (χ0n) is 16.4. The maximum absolute atomic E-state index is 12.2. The highest BCUT2D eigenvalue weighted by Gasteiger charge is 2.44. The van der Waals surface area contributed by atoms with Crippen molar-refractivity contribution in [3.8, 4) is 0 Å². The number of carboxylic acids is 2. The van der Waals surface area contributed by atoms with Crippen LogP contribution in [0.4, 0.5) is 4.79 Å². The second kappa shape index (κ2) is 8.39. The lowest BCUT2D eigenvalue weighted by atomic mass is 9.84. The molecule has 1 heterocycles. The lowest BCUT2D eigenvalue weighted by Crippen LogP contribution is -2.50. The molecule has 2 N–H and O–H groups in total. The predicted molar refractivity (Wildman–Crippen MR) is 97.5 cm³/mol.